The minimum atomic E-state index is -0.735. The molecule has 0 aliphatic heterocycles. The molecule has 5 nitrogen and oxygen atoms in total. The number of nitrogens with one attached hydrogen (secondary N) is 1. The highest BCUT2D eigenvalue weighted by atomic mass is 16.4. The molecule has 0 unspecified atom stereocenters. The van der Waals surface area contributed by atoms with Crippen molar-refractivity contribution in [3.05, 3.63) is 24.2 Å². The molecule has 1 aromatic rings. The third-order valence-electron chi connectivity index (χ3n) is 3.16. The predicted octanol–water partition coefficient (Wildman–Crippen LogP) is 1.65. The van der Waals surface area contributed by atoms with Crippen LogP contribution in [0.1, 0.15) is 36.2 Å². The van der Waals surface area contributed by atoms with E-state index in [0.717, 1.165) is 0 Å². The van der Waals surface area contributed by atoms with Gasteiger partial charge in [0, 0.05) is 6.04 Å². The third-order valence-corrected chi connectivity index (χ3v) is 3.16. The minimum Gasteiger partial charge on any atom is -0.481 e. The second-order valence-corrected chi connectivity index (χ2v) is 4.34. The van der Waals surface area contributed by atoms with Crippen molar-refractivity contribution in [3.8, 4) is 0 Å². The molecular formula is C12H15NO4. The van der Waals surface area contributed by atoms with Gasteiger partial charge < -0.3 is 14.8 Å². The molecule has 0 saturated heterocycles. The van der Waals surface area contributed by atoms with E-state index in [1.54, 1.807) is 12.1 Å². The number of rotatable bonds is 3. The summed E-state index contributed by atoms with van der Waals surface area (Å²) >= 11 is 0. The van der Waals surface area contributed by atoms with Crippen LogP contribution in [0.4, 0.5) is 0 Å². The predicted molar refractivity (Wildman–Crippen MR) is 59.6 cm³/mol. The Labute approximate surface area is 98.8 Å². The molecule has 2 rings (SSSR count). The van der Waals surface area contributed by atoms with Gasteiger partial charge in [-0.25, -0.2) is 0 Å². The summed E-state index contributed by atoms with van der Waals surface area (Å²) in [6, 6.07) is 3.33. The fourth-order valence-corrected chi connectivity index (χ4v) is 2.15. The van der Waals surface area contributed by atoms with Crippen molar-refractivity contribution >= 4 is 11.9 Å². The Morgan fingerprint density at radius 1 is 1.29 bits per heavy atom. The van der Waals surface area contributed by atoms with Crippen LogP contribution in [0.3, 0.4) is 0 Å². The summed E-state index contributed by atoms with van der Waals surface area (Å²) in [4.78, 5) is 22.4. The fourth-order valence-electron chi connectivity index (χ4n) is 2.15. The van der Waals surface area contributed by atoms with Crippen molar-refractivity contribution in [2.45, 2.75) is 31.7 Å². The lowest BCUT2D eigenvalue weighted by Crippen LogP contribution is -2.38. The van der Waals surface area contributed by atoms with Gasteiger partial charge >= 0.3 is 5.97 Å². The zero-order valence-corrected chi connectivity index (χ0v) is 9.39. The minimum absolute atomic E-state index is 0.0585. The summed E-state index contributed by atoms with van der Waals surface area (Å²) in [5.74, 6) is -0.924. The Kier molecular flexibility index (Phi) is 3.46. The lowest BCUT2D eigenvalue weighted by molar-refractivity contribution is -0.142. The number of carbonyl (C=O) groups excluding carboxylic acids is 1. The van der Waals surface area contributed by atoms with Gasteiger partial charge in [0.2, 0.25) is 0 Å². The van der Waals surface area contributed by atoms with Crippen LogP contribution in [0.5, 0.6) is 0 Å². The first kappa shape index (κ1) is 11.7. The summed E-state index contributed by atoms with van der Waals surface area (Å²) in [5.41, 5.74) is 0. The first-order valence-corrected chi connectivity index (χ1v) is 5.74. The number of carboxylic acids is 1. The number of amides is 1. The quantitative estimate of drug-likeness (QED) is 0.837. The summed E-state index contributed by atoms with van der Waals surface area (Å²) in [6.07, 6.45) is 4.12. The van der Waals surface area contributed by atoms with E-state index in [1.165, 1.54) is 6.26 Å². The van der Waals surface area contributed by atoms with Crippen LogP contribution < -0.4 is 5.32 Å². The fraction of sp³-hybridized carbons (Fsp3) is 0.500. The van der Waals surface area contributed by atoms with E-state index in [1.807, 2.05) is 0 Å². The van der Waals surface area contributed by atoms with E-state index in [2.05, 4.69) is 5.32 Å². The standard InChI is InChI=1S/C12H15NO4/c14-11(10-2-1-7-17-10)13-9-5-3-8(4-6-9)12(15)16/h1-2,7-9H,3-6H2,(H,13,14)(H,15,16). The van der Waals surface area contributed by atoms with E-state index < -0.39 is 5.97 Å². The van der Waals surface area contributed by atoms with Crippen molar-refractivity contribution in [2.24, 2.45) is 5.92 Å². The molecule has 1 aromatic heterocycles. The van der Waals surface area contributed by atoms with Crippen LogP contribution in [0.25, 0.3) is 0 Å². The van der Waals surface area contributed by atoms with Crippen molar-refractivity contribution in [1.82, 2.24) is 5.32 Å². The number of carboxylic acid groups (broad SMARTS) is 1. The molecular weight excluding hydrogens is 222 g/mol. The van der Waals surface area contributed by atoms with Gasteiger partial charge in [0.15, 0.2) is 5.76 Å². The molecule has 0 radical (unpaired) electrons. The summed E-state index contributed by atoms with van der Waals surface area (Å²) < 4.78 is 4.99. The average Bonchev–Trinajstić information content (AvgIpc) is 2.83. The van der Waals surface area contributed by atoms with Gasteiger partial charge in [-0.1, -0.05) is 0 Å². The molecule has 0 bridgehead atoms. The van der Waals surface area contributed by atoms with E-state index in [9.17, 15) is 9.59 Å². The van der Waals surface area contributed by atoms with Crippen LogP contribution in [0, 0.1) is 5.92 Å². The molecule has 0 aromatic carbocycles. The summed E-state index contributed by atoms with van der Waals surface area (Å²) in [7, 11) is 0. The van der Waals surface area contributed by atoms with Crippen LogP contribution in [-0.4, -0.2) is 23.0 Å². The number of aliphatic carboxylic acids is 1. The second kappa shape index (κ2) is 5.03. The molecule has 2 N–H and O–H groups in total. The first-order chi connectivity index (χ1) is 8.16. The first-order valence-electron chi connectivity index (χ1n) is 5.74. The summed E-state index contributed by atoms with van der Waals surface area (Å²) in [6.45, 7) is 0. The van der Waals surface area contributed by atoms with Crippen LogP contribution in [-0.2, 0) is 4.79 Å². The highest BCUT2D eigenvalue weighted by molar-refractivity contribution is 5.91. The SMILES string of the molecule is O=C(NC1CCC(C(=O)O)CC1)c1ccco1. The Morgan fingerprint density at radius 3 is 2.53 bits per heavy atom. The Balaban J connectivity index is 1.82. The maximum Gasteiger partial charge on any atom is 0.306 e. The van der Waals surface area contributed by atoms with Gasteiger partial charge in [0.1, 0.15) is 0 Å². The van der Waals surface area contributed by atoms with E-state index in [0.29, 0.717) is 31.4 Å². The molecule has 1 saturated carbocycles. The van der Waals surface area contributed by atoms with Crippen LogP contribution in [0.15, 0.2) is 22.8 Å². The van der Waals surface area contributed by atoms with Gasteiger partial charge in [0.05, 0.1) is 12.2 Å². The smallest absolute Gasteiger partial charge is 0.306 e. The van der Waals surface area contributed by atoms with E-state index in [-0.39, 0.29) is 17.9 Å². The zero-order valence-electron chi connectivity index (χ0n) is 9.39. The molecule has 1 heterocycles. The highest BCUT2D eigenvalue weighted by Gasteiger charge is 2.27. The maximum atomic E-state index is 11.7. The number of carbonyl (C=O) groups is 2. The van der Waals surface area contributed by atoms with Crippen molar-refractivity contribution in [1.29, 1.82) is 0 Å². The zero-order chi connectivity index (χ0) is 12.3. The Bertz CT molecular complexity index is 391. The molecule has 1 amide bonds. The highest BCUT2D eigenvalue weighted by Crippen LogP contribution is 2.24. The van der Waals surface area contributed by atoms with E-state index in [4.69, 9.17) is 9.52 Å². The van der Waals surface area contributed by atoms with Crippen molar-refractivity contribution in [2.75, 3.05) is 0 Å². The largest absolute Gasteiger partial charge is 0.481 e. The molecule has 1 aliphatic carbocycles. The van der Waals surface area contributed by atoms with Gasteiger partial charge in [-0.05, 0) is 37.8 Å². The molecule has 5 heteroatoms. The molecule has 0 atom stereocenters. The third kappa shape index (κ3) is 2.87. The van der Waals surface area contributed by atoms with Crippen molar-refractivity contribution < 1.29 is 19.1 Å². The van der Waals surface area contributed by atoms with Gasteiger partial charge in [-0.2, -0.15) is 0 Å². The van der Waals surface area contributed by atoms with Crippen molar-refractivity contribution in [3.63, 3.8) is 0 Å². The lowest BCUT2D eigenvalue weighted by atomic mass is 9.86. The lowest BCUT2D eigenvalue weighted by Gasteiger charge is -2.26. The second-order valence-electron chi connectivity index (χ2n) is 4.34. The van der Waals surface area contributed by atoms with E-state index >= 15 is 0 Å². The Morgan fingerprint density at radius 2 is 2.00 bits per heavy atom. The molecule has 0 spiro atoms. The summed E-state index contributed by atoms with van der Waals surface area (Å²) in [5, 5.41) is 11.7. The monoisotopic (exact) mass is 237 g/mol. The molecule has 17 heavy (non-hydrogen) atoms. The number of furan rings is 1. The van der Waals surface area contributed by atoms with Crippen LogP contribution >= 0.6 is 0 Å². The number of hydrogen-bond acceptors (Lipinski definition) is 3. The Hall–Kier alpha value is -1.78. The average molecular weight is 237 g/mol. The molecule has 92 valence electrons. The van der Waals surface area contributed by atoms with Gasteiger partial charge in [-0.15, -0.1) is 0 Å². The van der Waals surface area contributed by atoms with Crippen LogP contribution in [0.2, 0.25) is 0 Å². The molecule has 1 fully saturated rings. The topological polar surface area (TPSA) is 79.5 Å². The molecule has 1 aliphatic rings. The maximum absolute atomic E-state index is 11.7. The number of hydrogen-bond donors (Lipinski definition) is 2. The normalized spacial score (nSPS) is 24.2. The van der Waals surface area contributed by atoms with Gasteiger partial charge in [0.25, 0.3) is 5.91 Å². The van der Waals surface area contributed by atoms with Gasteiger partial charge in [-0.3, -0.25) is 9.59 Å².